The van der Waals surface area contributed by atoms with Gasteiger partial charge in [0.1, 0.15) is 4.21 Å². The van der Waals surface area contributed by atoms with Gasteiger partial charge in [0, 0.05) is 23.1 Å². The third-order valence-corrected chi connectivity index (χ3v) is 7.64. The molecule has 0 spiro atoms. The van der Waals surface area contributed by atoms with Crippen LogP contribution in [0.25, 0.3) is 0 Å². The number of hydrogen-bond donors (Lipinski definition) is 1. The van der Waals surface area contributed by atoms with Gasteiger partial charge in [0.05, 0.1) is 0 Å². The van der Waals surface area contributed by atoms with Crippen LogP contribution in [0.2, 0.25) is 0 Å². The zero-order valence-corrected chi connectivity index (χ0v) is 12.7. The number of hydrogen-bond acceptors (Lipinski definition) is 4. The van der Waals surface area contributed by atoms with Gasteiger partial charge in [0.15, 0.2) is 0 Å². The molecule has 1 aliphatic heterocycles. The molecule has 0 saturated carbocycles. The summed E-state index contributed by atoms with van der Waals surface area (Å²) < 4.78 is 27.5. The van der Waals surface area contributed by atoms with Crippen LogP contribution < -0.4 is 5.73 Å². The van der Waals surface area contributed by atoms with Crippen molar-refractivity contribution in [2.45, 2.75) is 36.1 Å². The van der Waals surface area contributed by atoms with Crippen molar-refractivity contribution < 1.29 is 8.42 Å². The van der Waals surface area contributed by atoms with E-state index < -0.39 is 10.0 Å². The maximum absolute atomic E-state index is 12.5. The highest BCUT2D eigenvalue weighted by Crippen LogP contribution is 2.33. The molecule has 1 aromatic heterocycles. The van der Waals surface area contributed by atoms with Gasteiger partial charge in [-0.3, -0.25) is 0 Å². The molecule has 1 fully saturated rings. The van der Waals surface area contributed by atoms with Crippen LogP contribution in [0.4, 0.5) is 0 Å². The van der Waals surface area contributed by atoms with Crippen molar-refractivity contribution in [1.29, 1.82) is 0 Å². The van der Waals surface area contributed by atoms with Gasteiger partial charge in [-0.25, -0.2) is 8.42 Å². The summed E-state index contributed by atoms with van der Waals surface area (Å²) in [4.78, 5) is 0. The minimum absolute atomic E-state index is 0.0299. The number of nitrogens with two attached hydrogens (primary N) is 1. The van der Waals surface area contributed by atoms with Crippen LogP contribution in [0.5, 0.6) is 0 Å². The highest BCUT2D eigenvalue weighted by atomic mass is 79.9. The van der Waals surface area contributed by atoms with Gasteiger partial charge in [-0.2, -0.15) is 4.31 Å². The Kier molecular flexibility index (Phi) is 3.94. The molecule has 0 unspecified atom stereocenters. The molecule has 0 bridgehead atoms. The molecular formula is C10H15BrN2O2S2. The molecule has 0 aromatic carbocycles. The van der Waals surface area contributed by atoms with Crippen molar-refractivity contribution in [3.8, 4) is 0 Å². The Morgan fingerprint density at radius 2 is 2.29 bits per heavy atom. The number of nitrogens with zero attached hydrogens (tertiary/aromatic N) is 1. The first kappa shape index (κ1) is 13.5. The van der Waals surface area contributed by atoms with Crippen molar-refractivity contribution in [2.24, 2.45) is 5.73 Å². The Bertz CT molecular complexity index is 500. The highest BCUT2D eigenvalue weighted by molar-refractivity contribution is 9.10. The Balaban J connectivity index is 2.31. The maximum atomic E-state index is 12.5. The predicted molar refractivity (Wildman–Crippen MR) is 72.6 cm³/mol. The molecule has 1 aromatic rings. The van der Waals surface area contributed by atoms with Gasteiger partial charge < -0.3 is 5.73 Å². The molecule has 2 atom stereocenters. The number of sulfonamides is 1. The van der Waals surface area contributed by atoms with E-state index in [1.54, 1.807) is 15.8 Å². The van der Waals surface area contributed by atoms with Crippen LogP contribution in [0, 0.1) is 0 Å². The van der Waals surface area contributed by atoms with Gasteiger partial charge in [-0.15, -0.1) is 11.3 Å². The zero-order chi connectivity index (χ0) is 12.6. The summed E-state index contributed by atoms with van der Waals surface area (Å²) in [5.74, 6) is 0. The monoisotopic (exact) mass is 338 g/mol. The summed E-state index contributed by atoms with van der Waals surface area (Å²) in [7, 11) is -3.37. The van der Waals surface area contributed by atoms with Gasteiger partial charge in [-0.1, -0.05) is 0 Å². The number of halogens is 1. The van der Waals surface area contributed by atoms with E-state index in [9.17, 15) is 8.42 Å². The summed E-state index contributed by atoms with van der Waals surface area (Å²) >= 11 is 4.53. The van der Waals surface area contributed by atoms with Crippen LogP contribution >= 0.6 is 27.3 Å². The number of piperidine rings is 1. The molecule has 2 N–H and O–H groups in total. The molecule has 2 heterocycles. The van der Waals surface area contributed by atoms with Crippen LogP contribution in [-0.4, -0.2) is 31.4 Å². The second-order valence-corrected chi connectivity index (χ2v) is 8.16. The summed E-state index contributed by atoms with van der Waals surface area (Å²) in [6, 6.07) is 1.85. The number of rotatable bonds is 2. The van der Waals surface area contributed by atoms with Crippen molar-refractivity contribution >= 4 is 37.3 Å². The maximum Gasteiger partial charge on any atom is 0.253 e. The van der Waals surface area contributed by atoms with Gasteiger partial charge in [-0.05, 0) is 47.1 Å². The first-order valence-corrected chi connectivity index (χ1v) is 8.54. The molecule has 2 rings (SSSR count). The molecular weight excluding hydrogens is 324 g/mol. The fourth-order valence-electron chi connectivity index (χ4n) is 2.11. The smallest absolute Gasteiger partial charge is 0.253 e. The summed E-state index contributed by atoms with van der Waals surface area (Å²) in [5, 5.41) is 1.78. The Morgan fingerprint density at radius 1 is 1.59 bits per heavy atom. The SMILES string of the molecule is C[C@H]1C[C@H](N)CCN1S(=O)(=O)c1sccc1Br. The first-order chi connectivity index (χ1) is 7.93. The molecule has 1 saturated heterocycles. The summed E-state index contributed by atoms with van der Waals surface area (Å²) in [6.07, 6.45) is 1.45. The van der Waals surface area contributed by atoms with E-state index in [2.05, 4.69) is 15.9 Å². The molecule has 0 radical (unpaired) electrons. The molecule has 4 nitrogen and oxygen atoms in total. The second kappa shape index (κ2) is 4.97. The third-order valence-electron chi connectivity index (χ3n) is 2.98. The Morgan fingerprint density at radius 3 is 2.82 bits per heavy atom. The van der Waals surface area contributed by atoms with E-state index in [0.29, 0.717) is 15.2 Å². The van der Waals surface area contributed by atoms with E-state index in [0.717, 1.165) is 12.8 Å². The molecule has 1 aliphatic rings. The molecule has 0 aliphatic carbocycles. The van der Waals surface area contributed by atoms with Gasteiger partial charge in [0.25, 0.3) is 10.0 Å². The summed E-state index contributed by atoms with van der Waals surface area (Å²) in [6.45, 7) is 2.42. The van der Waals surface area contributed by atoms with Crippen molar-refractivity contribution in [3.05, 3.63) is 15.9 Å². The lowest BCUT2D eigenvalue weighted by Gasteiger charge is -2.34. The molecule has 7 heteroatoms. The fraction of sp³-hybridized carbons (Fsp3) is 0.600. The van der Waals surface area contributed by atoms with Crippen LogP contribution in [0.15, 0.2) is 20.1 Å². The van der Waals surface area contributed by atoms with E-state index in [1.165, 1.54) is 11.3 Å². The largest absolute Gasteiger partial charge is 0.328 e. The average Bonchev–Trinajstić information content (AvgIpc) is 2.64. The zero-order valence-electron chi connectivity index (χ0n) is 9.47. The summed E-state index contributed by atoms with van der Waals surface area (Å²) in [5.41, 5.74) is 5.85. The van der Waals surface area contributed by atoms with Crippen LogP contribution in [0.3, 0.4) is 0 Å². The van der Waals surface area contributed by atoms with E-state index in [1.807, 2.05) is 6.92 Å². The van der Waals surface area contributed by atoms with E-state index in [-0.39, 0.29) is 12.1 Å². The highest BCUT2D eigenvalue weighted by Gasteiger charge is 2.35. The fourth-order valence-corrected chi connectivity index (χ4v) is 6.20. The van der Waals surface area contributed by atoms with Gasteiger partial charge >= 0.3 is 0 Å². The first-order valence-electron chi connectivity index (χ1n) is 5.43. The minimum atomic E-state index is -3.37. The average molecular weight is 339 g/mol. The van der Waals surface area contributed by atoms with E-state index >= 15 is 0 Å². The van der Waals surface area contributed by atoms with Gasteiger partial charge in [0.2, 0.25) is 0 Å². The van der Waals surface area contributed by atoms with E-state index in [4.69, 9.17) is 5.73 Å². The Hall–Kier alpha value is 0.0500. The van der Waals surface area contributed by atoms with Crippen LogP contribution in [0.1, 0.15) is 19.8 Å². The lowest BCUT2D eigenvalue weighted by Crippen LogP contribution is -2.48. The normalized spacial score (nSPS) is 27.2. The molecule has 17 heavy (non-hydrogen) atoms. The number of thiophene rings is 1. The lowest BCUT2D eigenvalue weighted by atomic mass is 10.0. The third kappa shape index (κ3) is 2.58. The standard InChI is InChI=1S/C10H15BrN2O2S2/c1-7-6-8(12)2-4-13(7)17(14,15)10-9(11)3-5-16-10/h3,5,7-8H,2,4,6,12H2,1H3/t7-,8+/m0/s1. The quantitative estimate of drug-likeness (QED) is 0.897. The van der Waals surface area contributed by atoms with Crippen molar-refractivity contribution in [1.82, 2.24) is 4.31 Å². The lowest BCUT2D eigenvalue weighted by molar-refractivity contribution is 0.247. The molecule has 96 valence electrons. The van der Waals surface area contributed by atoms with Crippen molar-refractivity contribution in [2.75, 3.05) is 6.54 Å². The Labute approximate surface area is 114 Å². The molecule has 0 amide bonds. The minimum Gasteiger partial charge on any atom is -0.328 e. The van der Waals surface area contributed by atoms with Crippen molar-refractivity contribution in [3.63, 3.8) is 0 Å². The van der Waals surface area contributed by atoms with Crippen LogP contribution in [-0.2, 0) is 10.0 Å². The second-order valence-electron chi connectivity index (χ2n) is 4.31. The topological polar surface area (TPSA) is 63.4 Å². The predicted octanol–water partition coefficient (Wildman–Crippen LogP) is 2.01.